The van der Waals surface area contributed by atoms with Crippen LogP contribution in [0.5, 0.6) is 0 Å². The van der Waals surface area contributed by atoms with E-state index in [1.165, 1.54) is 6.07 Å². The van der Waals surface area contributed by atoms with E-state index in [9.17, 15) is 18.0 Å². The van der Waals surface area contributed by atoms with Gasteiger partial charge in [0.25, 0.3) is 5.91 Å². The molecule has 0 radical (unpaired) electrons. The van der Waals surface area contributed by atoms with Crippen molar-refractivity contribution in [2.45, 2.75) is 44.4 Å². The highest BCUT2D eigenvalue weighted by Crippen LogP contribution is 2.43. The van der Waals surface area contributed by atoms with Crippen molar-refractivity contribution in [2.24, 2.45) is 0 Å². The number of carbonyl (C=O) groups is 1. The molecule has 27 heavy (non-hydrogen) atoms. The van der Waals surface area contributed by atoms with Crippen LogP contribution in [0.25, 0.3) is 0 Å². The zero-order chi connectivity index (χ0) is 19.6. The van der Waals surface area contributed by atoms with Gasteiger partial charge in [0, 0.05) is 23.5 Å². The van der Waals surface area contributed by atoms with E-state index >= 15 is 0 Å². The quantitative estimate of drug-likeness (QED) is 0.648. The summed E-state index contributed by atoms with van der Waals surface area (Å²) in [6.45, 7) is 2.46. The van der Waals surface area contributed by atoms with E-state index in [2.05, 4.69) is 31.7 Å². The summed E-state index contributed by atoms with van der Waals surface area (Å²) in [5.41, 5.74) is 0.730. The molecule has 3 rings (SSSR count). The number of rotatable bonds is 5. The molecule has 0 spiro atoms. The van der Waals surface area contributed by atoms with Gasteiger partial charge < -0.3 is 10.6 Å². The highest BCUT2D eigenvalue weighted by atomic mass is 79.9. The molecular weight excluding hydrogens is 425 g/mol. The Labute approximate surface area is 163 Å². The van der Waals surface area contributed by atoms with Crippen molar-refractivity contribution in [3.05, 3.63) is 46.1 Å². The zero-order valence-electron chi connectivity index (χ0n) is 14.7. The Balaban J connectivity index is 1.88. The van der Waals surface area contributed by atoms with Crippen LogP contribution in [0.1, 0.15) is 54.3 Å². The summed E-state index contributed by atoms with van der Waals surface area (Å²) in [6, 6.07) is 6.20. The van der Waals surface area contributed by atoms with Gasteiger partial charge in [-0.05, 0) is 24.1 Å². The molecule has 146 valence electrons. The minimum absolute atomic E-state index is 0.0145. The number of nitrogens with one attached hydrogen (secondary N) is 2. The first-order valence-corrected chi connectivity index (χ1v) is 9.55. The number of halogens is 4. The van der Waals surface area contributed by atoms with Gasteiger partial charge in [0.15, 0.2) is 11.7 Å². The van der Waals surface area contributed by atoms with Crippen LogP contribution < -0.4 is 10.6 Å². The van der Waals surface area contributed by atoms with Crippen molar-refractivity contribution < 1.29 is 18.0 Å². The SMILES string of the molecule is CCCCNC(=O)c1cc2n(n1)[C@@H](C(F)(F)F)C[C@@H](c1ccc(Br)cc1)N2. The maximum Gasteiger partial charge on any atom is 0.410 e. The highest BCUT2D eigenvalue weighted by Gasteiger charge is 2.46. The van der Waals surface area contributed by atoms with Crippen LogP contribution in [-0.4, -0.2) is 28.4 Å². The van der Waals surface area contributed by atoms with Gasteiger partial charge in [0.2, 0.25) is 0 Å². The van der Waals surface area contributed by atoms with Crippen LogP contribution in [0.4, 0.5) is 19.0 Å². The molecule has 0 bridgehead atoms. The highest BCUT2D eigenvalue weighted by molar-refractivity contribution is 9.10. The number of nitrogens with zero attached hydrogens (tertiary/aromatic N) is 2. The molecule has 0 saturated heterocycles. The Morgan fingerprint density at radius 2 is 2.07 bits per heavy atom. The van der Waals surface area contributed by atoms with E-state index in [-0.39, 0.29) is 17.9 Å². The smallest absolute Gasteiger partial charge is 0.363 e. The number of fused-ring (bicyclic) bond motifs is 1. The second-order valence-electron chi connectivity index (χ2n) is 6.51. The molecule has 1 aromatic heterocycles. The lowest BCUT2D eigenvalue weighted by atomic mass is 9.97. The molecule has 2 heterocycles. The van der Waals surface area contributed by atoms with Crippen LogP contribution >= 0.6 is 15.9 Å². The molecule has 2 aromatic rings. The largest absolute Gasteiger partial charge is 0.410 e. The molecule has 5 nitrogen and oxygen atoms in total. The Bertz CT molecular complexity index is 804. The minimum Gasteiger partial charge on any atom is -0.363 e. The molecular formula is C18H20BrF3N4O. The molecule has 0 aliphatic carbocycles. The summed E-state index contributed by atoms with van der Waals surface area (Å²) in [5.74, 6) is -0.273. The fraction of sp³-hybridized carbons (Fsp3) is 0.444. The van der Waals surface area contributed by atoms with Crippen molar-refractivity contribution in [3.8, 4) is 0 Å². The summed E-state index contributed by atoms with van der Waals surface area (Å²) in [5, 5.41) is 9.70. The van der Waals surface area contributed by atoms with Crippen LogP contribution in [0.2, 0.25) is 0 Å². The molecule has 2 N–H and O–H groups in total. The number of carbonyl (C=O) groups excluding carboxylic acids is 1. The zero-order valence-corrected chi connectivity index (χ0v) is 16.3. The monoisotopic (exact) mass is 444 g/mol. The number of hydrogen-bond donors (Lipinski definition) is 2. The molecule has 1 aromatic carbocycles. The number of hydrogen-bond acceptors (Lipinski definition) is 3. The van der Waals surface area contributed by atoms with Gasteiger partial charge in [0.05, 0.1) is 6.04 Å². The second-order valence-corrected chi connectivity index (χ2v) is 7.43. The third kappa shape index (κ3) is 4.45. The van der Waals surface area contributed by atoms with Crippen molar-refractivity contribution in [1.82, 2.24) is 15.1 Å². The maximum atomic E-state index is 13.6. The van der Waals surface area contributed by atoms with Crippen molar-refractivity contribution >= 4 is 27.7 Å². The molecule has 2 atom stereocenters. The van der Waals surface area contributed by atoms with Gasteiger partial charge >= 0.3 is 6.18 Å². The van der Waals surface area contributed by atoms with Crippen molar-refractivity contribution in [1.29, 1.82) is 0 Å². The fourth-order valence-electron chi connectivity index (χ4n) is 3.07. The van der Waals surface area contributed by atoms with Gasteiger partial charge in [-0.1, -0.05) is 41.4 Å². The average molecular weight is 445 g/mol. The first kappa shape index (κ1) is 19.7. The van der Waals surface area contributed by atoms with Crippen molar-refractivity contribution in [3.63, 3.8) is 0 Å². The standard InChI is InChI=1S/C18H20BrF3N4O/c1-2-3-8-23-17(27)14-10-16-24-13(11-4-6-12(19)7-5-11)9-15(18(20,21)22)26(16)25-14/h4-7,10,13,15,24H,2-3,8-9H2,1H3,(H,23,27)/t13-,15+/m0/s1. The summed E-state index contributed by atoms with van der Waals surface area (Å²) >= 11 is 3.32. The summed E-state index contributed by atoms with van der Waals surface area (Å²) in [7, 11) is 0. The van der Waals surface area contributed by atoms with Crippen LogP contribution in [-0.2, 0) is 0 Å². The fourth-order valence-corrected chi connectivity index (χ4v) is 3.33. The minimum atomic E-state index is -4.47. The van der Waals surface area contributed by atoms with E-state index in [1.54, 1.807) is 24.3 Å². The van der Waals surface area contributed by atoms with E-state index in [4.69, 9.17) is 0 Å². The number of benzene rings is 1. The number of amides is 1. The lowest BCUT2D eigenvalue weighted by Crippen LogP contribution is -2.35. The van der Waals surface area contributed by atoms with Gasteiger partial charge in [-0.3, -0.25) is 4.79 Å². The Morgan fingerprint density at radius 3 is 2.70 bits per heavy atom. The maximum absolute atomic E-state index is 13.6. The lowest BCUT2D eigenvalue weighted by molar-refractivity contribution is -0.173. The summed E-state index contributed by atoms with van der Waals surface area (Å²) in [4.78, 5) is 12.2. The lowest BCUT2D eigenvalue weighted by Gasteiger charge is -2.33. The number of aromatic nitrogens is 2. The van der Waals surface area contributed by atoms with Crippen LogP contribution in [0.3, 0.4) is 0 Å². The number of alkyl halides is 3. The normalized spacial score (nSPS) is 19.3. The van der Waals surface area contributed by atoms with Gasteiger partial charge in [0.1, 0.15) is 5.82 Å². The third-order valence-corrected chi connectivity index (χ3v) is 5.04. The summed E-state index contributed by atoms with van der Waals surface area (Å²) < 4.78 is 42.6. The molecule has 1 aliphatic heterocycles. The predicted octanol–water partition coefficient (Wildman–Crippen LogP) is 4.84. The van der Waals surface area contributed by atoms with E-state index in [1.807, 2.05) is 6.92 Å². The van der Waals surface area contributed by atoms with E-state index in [0.717, 1.165) is 27.6 Å². The molecule has 1 amide bonds. The molecule has 0 unspecified atom stereocenters. The van der Waals surface area contributed by atoms with Crippen LogP contribution in [0, 0.1) is 0 Å². The van der Waals surface area contributed by atoms with E-state index in [0.29, 0.717) is 6.54 Å². The Kier molecular flexibility index (Phi) is 5.78. The van der Waals surface area contributed by atoms with Gasteiger partial charge in [-0.2, -0.15) is 18.3 Å². The average Bonchev–Trinajstić information content (AvgIpc) is 3.05. The topological polar surface area (TPSA) is 59.0 Å². The van der Waals surface area contributed by atoms with Crippen molar-refractivity contribution in [2.75, 3.05) is 11.9 Å². The predicted molar refractivity (Wildman–Crippen MR) is 99.7 cm³/mol. The molecule has 0 fully saturated rings. The Morgan fingerprint density at radius 1 is 1.37 bits per heavy atom. The first-order chi connectivity index (χ1) is 12.8. The van der Waals surface area contributed by atoms with Gasteiger partial charge in [-0.25, -0.2) is 4.68 Å². The summed E-state index contributed by atoms with van der Waals surface area (Å²) in [6.07, 6.45) is -2.95. The number of unbranched alkanes of at least 4 members (excludes halogenated alkanes) is 1. The van der Waals surface area contributed by atoms with Gasteiger partial charge in [-0.15, -0.1) is 0 Å². The molecule has 9 heteroatoms. The van der Waals surface area contributed by atoms with E-state index < -0.39 is 24.2 Å². The molecule has 0 saturated carbocycles. The van der Waals surface area contributed by atoms with Crippen LogP contribution in [0.15, 0.2) is 34.8 Å². The first-order valence-electron chi connectivity index (χ1n) is 8.76. The number of anilines is 1. The second kappa shape index (κ2) is 7.92. The third-order valence-electron chi connectivity index (χ3n) is 4.51. The molecule has 1 aliphatic rings. The Hall–Kier alpha value is -2.03.